The number of carboxylic acids is 1. The van der Waals surface area contributed by atoms with Crippen molar-refractivity contribution in [3.8, 4) is 0 Å². The van der Waals surface area contributed by atoms with Crippen molar-refractivity contribution in [2.24, 2.45) is 0 Å². The number of carbonyl (C=O) groups is 2. The van der Waals surface area contributed by atoms with Crippen LogP contribution in [-0.4, -0.2) is 22.0 Å². The number of pyridine rings is 1. The average Bonchev–Trinajstić information content (AvgIpc) is 2.42. The standard InChI is InChI=1S/C15H14N2O3/c1-9-5-6-11(8-10(9)2)14(18)17-13-12(15(19)20)4-3-7-16-13/h3-8H,1-2H3,(H,19,20)(H,16,17,18). The van der Waals surface area contributed by atoms with Crippen LogP contribution < -0.4 is 5.32 Å². The molecule has 2 aromatic rings. The lowest BCUT2D eigenvalue weighted by molar-refractivity contribution is 0.0697. The third-order valence-corrected chi connectivity index (χ3v) is 3.04. The molecule has 1 aromatic heterocycles. The van der Waals surface area contributed by atoms with Crippen molar-refractivity contribution in [2.45, 2.75) is 13.8 Å². The van der Waals surface area contributed by atoms with Crippen molar-refractivity contribution in [2.75, 3.05) is 5.32 Å². The highest BCUT2D eigenvalue weighted by Gasteiger charge is 2.14. The molecule has 20 heavy (non-hydrogen) atoms. The number of rotatable bonds is 3. The van der Waals surface area contributed by atoms with E-state index in [9.17, 15) is 9.59 Å². The number of hydrogen-bond acceptors (Lipinski definition) is 3. The van der Waals surface area contributed by atoms with Gasteiger partial charge in [-0.25, -0.2) is 9.78 Å². The lowest BCUT2D eigenvalue weighted by Gasteiger charge is -2.08. The molecule has 5 nitrogen and oxygen atoms in total. The lowest BCUT2D eigenvalue weighted by atomic mass is 10.1. The van der Waals surface area contributed by atoms with Crippen LogP contribution in [0, 0.1) is 13.8 Å². The number of carbonyl (C=O) groups excluding carboxylic acids is 1. The molecule has 0 spiro atoms. The smallest absolute Gasteiger partial charge is 0.339 e. The number of aromatic carboxylic acids is 1. The molecule has 2 rings (SSSR count). The largest absolute Gasteiger partial charge is 0.478 e. The maximum atomic E-state index is 12.1. The van der Waals surface area contributed by atoms with Crippen molar-refractivity contribution >= 4 is 17.7 Å². The first-order valence-corrected chi connectivity index (χ1v) is 6.06. The third kappa shape index (κ3) is 2.83. The number of nitrogens with zero attached hydrogens (tertiary/aromatic N) is 1. The predicted molar refractivity (Wildman–Crippen MR) is 75.1 cm³/mol. The minimum absolute atomic E-state index is 0.0373. The molecule has 0 unspecified atom stereocenters. The highest BCUT2D eigenvalue weighted by Crippen LogP contribution is 2.15. The highest BCUT2D eigenvalue weighted by molar-refractivity contribution is 6.06. The summed E-state index contributed by atoms with van der Waals surface area (Å²) in [7, 11) is 0. The fraction of sp³-hybridized carbons (Fsp3) is 0.133. The minimum atomic E-state index is -1.13. The van der Waals surface area contributed by atoms with Crippen molar-refractivity contribution in [3.63, 3.8) is 0 Å². The molecule has 0 saturated carbocycles. The van der Waals surface area contributed by atoms with Crippen molar-refractivity contribution in [3.05, 3.63) is 58.8 Å². The zero-order valence-corrected chi connectivity index (χ0v) is 11.2. The summed E-state index contributed by atoms with van der Waals surface area (Å²) in [6, 6.07) is 8.20. The van der Waals surface area contributed by atoms with E-state index < -0.39 is 5.97 Å². The van der Waals surface area contributed by atoms with Gasteiger partial charge in [-0.15, -0.1) is 0 Å². The summed E-state index contributed by atoms with van der Waals surface area (Å²) in [5.74, 6) is -1.47. The predicted octanol–water partition coefficient (Wildman–Crippen LogP) is 2.65. The van der Waals surface area contributed by atoms with Crippen LogP contribution in [0.2, 0.25) is 0 Å². The van der Waals surface area contributed by atoms with Gasteiger partial charge in [-0.1, -0.05) is 6.07 Å². The molecule has 102 valence electrons. The number of hydrogen-bond donors (Lipinski definition) is 2. The van der Waals surface area contributed by atoms with E-state index in [1.54, 1.807) is 12.1 Å². The maximum absolute atomic E-state index is 12.1. The van der Waals surface area contributed by atoms with E-state index in [4.69, 9.17) is 5.11 Å². The number of aryl methyl sites for hydroxylation is 2. The normalized spacial score (nSPS) is 10.1. The molecule has 0 fully saturated rings. The summed E-state index contributed by atoms with van der Waals surface area (Å²) in [4.78, 5) is 27.0. The van der Waals surface area contributed by atoms with Gasteiger partial charge in [-0.05, 0) is 49.2 Å². The summed E-state index contributed by atoms with van der Waals surface area (Å²) in [6.45, 7) is 3.87. The van der Waals surface area contributed by atoms with Crippen LogP contribution in [0.25, 0.3) is 0 Å². The number of benzene rings is 1. The lowest BCUT2D eigenvalue weighted by Crippen LogP contribution is -2.16. The number of carboxylic acid groups (broad SMARTS) is 1. The van der Waals surface area contributed by atoms with Crippen LogP contribution in [0.5, 0.6) is 0 Å². The van der Waals surface area contributed by atoms with Gasteiger partial charge in [0.2, 0.25) is 0 Å². The molecule has 0 atom stereocenters. The molecule has 2 N–H and O–H groups in total. The van der Waals surface area contributed by atoms with Crippen LogP contribution in [0.4, 0.5) is 5.82 Å². The summed E-state index contributed by atoms with van der Waals surface area (Å²) >= 11 is 0. The van der Waals surface area contributed by atoms with Gasteiger partial charge in [0.15, 0.2) is 0 Å². The van der Waals surface area contributed by atoms with Gasteiger partial charge >= 0.3 is 5.97 Å². The molecular formula is C15H14N2O3. The average molecular weight is 270 g/mol. The molecule has 1 amide bonds. The van der Waals surface area contributed by atoms with Crippen LogP contribution in [-0.2, 0) is 0 Å². The summed E-state index contributed by atoms with van der Waals surface area (Å²) in [5, 5.41) is 11.6. The van der Waals surface area contributed by atoms with Gasteiger partial charge in [-0.3, -0.25) is 4.79 Å². The van der Waals surface area contributed by atoms with E-state index in [1.807, 2.05) is 19.9 Å². The molecule has 0 saturated heterocycles. The van der Waals surface area contributed by atoms with E-state index in [2.05, 4.69) is 10.3 Å². The number of amides is 1. The SMILES string of the molecule is Cc1ccc(C(=O)Nc2ncccc2C(=O)O)cc1C. The number of nitrogens with one attached hydrogen (secondary N) is 1. The second kappa shape index (κ2) is 5.52. The molecule has 0 aliphatic carbocycles. The first-order valence-electron chi connectivity index (χ1n) is 6.06. The molecule has 0 bridgehead atoms. The fourth-order valence-corrected chi connectivity index (χ4v) is 1.74. The molecule has 1 aromatic carbocycles. The van der Waals surface area contributed by atoms with Crippen LogP contribution >= 0.6 is 0 Å². The van der Waals surface area contributed by atoms with Gasteiger partial charge < -0.3 is 10.4 Å². The highest BCUT2D eigenvalue weighted by atomic mass is 16.4. The maximum Gasteiger partial charge on any atom is 0.339 e. The van der Waals surface area contributed by atoms with Crippen molar-refractivity contribution < 1.29 is 14.7 Å². The first kappa shape index (κ1) is 13.7. The van der Waals surface area contributed by atoms with Crippen LogP contribution in [0.3, 0.4) is 0 Å². The topological polar surface area (TPSA) is 79.3 Å². The molecule has 1 heterocycles. The van der Waals surface area contributed by atoms with Gasteiger partial charge in [0, 0.05) is 11.8 Å². The van der Waals surface area contributed by atoms with Crippen molar-refractivity contribution in [1.29, 1.82) is 0 Å². The van der Waals surface area contributed by atoms with Gasteiger partial charge in [-0.2, -0.15) is 0 Å². The van der Waals surface area contributed by atoms with Gasteiger partial charge in [0.1, 0.15) is 11.4 Å². The van der Waals surface area contributed by atoms with E-state index in [1.165, 1.54) is 18.3 Å². The Morgan fingerprint density at radius 1 is 1.15 bits per heavy atom. The molecule has 5 heteroatoms. The van der Waals surface area contributed by atoms with Gasteiger partial charge in [0.05, 0.1) is 0 Å². The van der Waals surface area contributed by atoms with Crippen LogP contribution in [0.1, 0.15) is 31.8 Å². The Kier molecular flexibility index (Phi) is 3.79. The molecule has 0 radical (unpaired) electrons. The Hall–Kier alpha value is -2.69. The number of aromatic nitrogens is 1. The molecule has 0 aliphatic heterocycles. The Morgan fingerprint density at radius 2 is 1.90 bits per heavy atom. The third-order valence-electron chi connectivity index (χ3n) is 3.04. The Balaban J connectivity index is 2.28. The zero-order chi connectivity index (χ0) is 14.7. The summed E-state index contributed by atoms with van der Waals surface area (Å²) in [5.41, 5.74) is 2.52. The zero-order valence-electron chi connectivity index (χ0n) is 11.2. The summed E-state index contributed by atoms with van der Waals surface area (Å²) < 4.78 is 0. The monoisotopic (exact) mass is 270 g/mol. The number of anilines is 1. The molecular weight excluding hydrogens is 256 g/mol. The second-order valence-corrected chi connectivity index (χ2v) is 4.46. The van der Waals surface area contributed by atoms with E-state index in [0.717, 1.165) is 11.1 Å². The summed E-state index contributed by atoms with van der Waals surface area (Å²) in [6.07, 6.45) is 1.43. The van der Waals surface area contributed by atoms with E-state index in [0.29, 0.717) is 5.56 Å². The fourth-order valence-electron chi connectivity index (χ4n) is 1.74. The van der Waals surface area contributed by atoms with E-state index in [-0.39, 0.29) is 17.3 Å². The Morgan fingerprint density at radius 3 is 2.55 bits per heavy atom. The second-order valence-electron chi connectivity index (χ2n) is 4.46. The first-order chi connectivity index (χ1) is 9.49. The van der Waals surface area contributed by atoms with Gasteiger partial charge in [0.25, 0.3) is 5.91 Å². The quantitative estimate of drug-likeness (QED) is 0.898. The minimum Gasteiger partial charge on any atom is -0.478 e. The van der Waals surface area contributed by atoms with Crippen LogP contribution in [0.15, 0.2) is 36.5 Å². The Labute approximate surface area is 116 Å². The Bertz CT molecular complexity index is 681. The molecule has 0 aliphatic rings. The van der Waals surface area contributed by atoms with Crippen molar-refractivity contribution in [1.82, 2.24) is 4.98 Å². The van der Waals surface area contributed by atoms with E-state index >= 15 is 0 Å².